The lowest BCUT2D eigenvalue weighted by molar-refractivity contribution is -0.870. The summed E-state index contributed by atoms with van der Waals surface area (Å²) in [4.78, 5) is 40.3. The molecule has 0 rings (SSSR count). The Balaban J connectivity index is 5.12. The lowest BCUT2D eigenvalue weighted by atomic mass is 10.0. The van der Waals surface area contributed by atoms with Crippen LogP contribution in [-0.2, 0) is 27.9 Å². The van der Waals surface area contributed by atoms with Crippen LogP contribution in [0.15, 0.2) is 97.2 Å². The number of ether oxygens (including phenoxy) is 1. The molecule has 1 N–H and O–H groups in total. The van der Waals surface area contributed by atoms with Crippen LogP contribution in [-0.4, -0.2) is 69.4 Å². The van der Waals surface area contributed by atoms with E-state index >= 15 is 0 Å². The molecule has 504 valence electrons. The van der Waals surface area contributed by atoms with Crippen LogP contribution in [0.1, 0.15) is 329 Å². The van der Waals surface area contributed by atoms with Crippen LogP contribution in [0.3, 0.4) is 0 Å². The Morgan fingerprint density at radius 1 is 0.402 bits per heavy atom. The first-order valence-corrected chi connectivity index (χ1v) is 38.0. The number of hydrogen-bond acceptors (Lipinski definition) is 7. The number of esters is 1. The van der Waals surface area contributed by atoms with Crippen molar-refractivity contribution < 1.29 is 37.3 Å². The van der Waals surface area contributed by atoms with Crippen LogP contribution in [0.2, 0.25) is 0 Å². The highest BCUT2D eigenvalue weighted by atomic mass is 31.2. The molecule has 9 nitrogen and oxygen atoms in total. The fourth-order valence-corrected chi connectivity index (χ4v) is 11.1. The molecule has 1 amide bonds. The third kappa shape index (κ3) is 67.2. The molecular formula is C77H139N2O7P. The van der Waals surface area contributed by atoms with Gasteiger partial charge in [-0.15, -0.1) is 0 Å². The normalized spacial score (nSPS) is 14.1. The zero-order valence-corrected chi connectivity index (χ0v) is 58.6. The van der Waals surface area contributed by atoms with Crippen molar-refractivity contribution in [3.05, 3.63) is 97.2 Å². The number of phosphoric ester groups is 1. The van der Waals surface area contributed by atoms with Crippen LogP contribution in [0, 0.1) is 0 Å². The molecule has 3 atom stereocenters. The Hall–Kier alpha value is -3.07. The van der Waals surface area contributed by atoms with Gasteiger partial charge in [0, 0.05) is 12.8 Å². The van der Waals surface area contributed by atoms with Gasteiger partial charge in [-0.1, -0.05) is 298 Å². The summed E-state index contributed by atoms with van der Waals surface area (Å²) in [5.41, 5.74) is 0. The maximum absolute atomic E-state index is 13.6. The molecule has 0 radical (unpaired) electrons. The number of hydrogen-bond donors (Lipinski definition) is 1. The number of rotatable bonds is 66. The summed E-state index contributed by atoms with van der Waals surface area (Å²) in [5.74, 6) is -0.550. The van der Waals surface area contributed by atoms with Gasteiger partial charge in [-0.3, -0.25) is 14.2 Å². The summed E-state index contributed by atoms with van der Waals surface area (Å²) < 4.78 is 30.5. The Kier molecular flexibility index (Phi) is 63.5. The van der Waals surface area contributed by atoms with Crippen molar-refractivity contribution in [1.82, 2.24) is 5.32 Å². The number of nitrogens with one attached hydrogen (secondary N) is 1. The molecule has 0 aromatic rings. The van der Waals surface area contributed by atoms with Crippen LogP contribution in [0.4, 0.5) is 0 Å². The topological polar surface area (TPSA) is 114 Å². The van der Waals surface area contributed by atoms with Gasteiger partial charge in [0.1, 0.15) is 19.3 Å². The number of phosphoric acid groups is 1. The van der Waals surface area contributed by atoms with E-state index < -0.39 is 26.6 Å². The van der Waals surface area contributed by atoms with Crippen molar-refractivity contribution in [3.63, 3.8) is 0 Å². The SMILES string of the molecule is CCCCC/C=C\C/C=C\C/C=C\C/C=C\CCCCCCCCCC(=O)OC(/C=C/CCCCCCCCCCCCC)C(COP(=O)([O-])OCC[N+](C)(C)C)NC(=O)CCCCCCCCCCCCCC/C=C\C/C=C\C/C=C\CCCCC. The quantitative estimate of drug-likeness (QED) is 0.0212. The lowest BCUT2D eigenvalue weighted by Gasteiger charge is -2.30. The second-order valence-corrected chi connectivity index (χ2v) is 27.1. The van der Waals surface area contributed by atoms with Gasteiger partial charge in [-0.05, 0) is 115 Å². The van der Waals surface area contributed by atoms with Crippen LogP contribution in [0.25, 0.3) is 0 Å². The summed E-state index contributed by atoms with van der Waals surface area (Å²) in [7, 11) is 1.17. The average molecular weight is 1240 g/mol. The minimum atomic E-state index is -4.71. The molecule has 0 spiro atoms. The number of amides is 1. The fraction of sp³-hybridized carbons (Fsp3) is 0.766. The maximum atomic E-state index is 13.6. The summed E-state index contributed by atoms with van der Waals surface area (Å²) in [5, 5.41) is 3.04. The molecule has 3 unspecified atom stereocenters. The Morgan fingerprint density at radius 2 is 0.701 bits per heavy atom. The van der Waals surface area contributed by atoms with Crippen molar-refractivity contribution >= 4 is 19.7 Å². The minimum absolute atomic E-state index is 0.0279. The molecule has 0 saturated carbocycles. The number of carbonyl (C=O) groups is 2. The molecular weight excluding hydrogens is 1100 g/mol. The van der Waals surface area contributed by atoms with Crippen molar-refractivity contribution in [2.75, 3.05) is 40.9 Å². The van der Waals surface area contributed by atoms with E-state index in [-0.39, 0.29) is 24.9 Å². The molecule has 0 aromatic carbocycles. The largest absolute Gasteiger partial charge is 0.756 e. The Morgan fingerprint density at radius 3 is 1.07 bits per heavy atom. The van der Waals surface area contributed by atoms with E-state index in [9.17, 15) is 19.0 Å². The predicted molar refractivity (Wildman–Crippen MR) is 376 cm³/mol. The van der Waals surface area contributed by atoms with Gasteiger partial charge in [0.2, 0.25) is 5.91 Å². The minimum Gasteiger partial charge on any atom is -0.756 e. The number of likely N-dealkylation sites (N-methyl/N-ethyl adjacent to an activating group) is 1. The van der Waals surface area contributed by atoms with Crippen LogP contribution < -0.4 is 10.2 Å². The summed E-state index contributed by atoms with van der Waals surface area (Å²) in [6, 6.07) is -0.901. The fourth-order valence-electron chi connectivity index (χ4n) is 10.3. The zero-order valence-electron chi connectivity index (χ0n) is 57.7. The third-order valence-corrected chi connectivity index (χ3v) is 17.0. The molecule has 0 aliphatic heterocycles. The van der Waals surface area contributed by atoms with Crippen LogP contribution >= 0.6 is 7.82 Å². The number of unbranched alkanes of at least 4 members (excludes halogenated alkanes) is 36. The van der Waals surface area contributed by atoms with Gasteiger partial charge in [0.05, 0.1) is 33.8 Å². The first-order chi connectivity index (χ1) is 42.4. The smallest absolute Gasteiger partial charge is 0.306 e. The second-order valence-electron chi connectivity index (χ2n) is 25.7. The maximum Gasteiger partial charge on any atom is 0.306 e. The molecule has 0 aromatic heterocycles. The van der Waals surface area contributed by atoms with Gasteiger partial charge in [-0.25, -0.2) is 0 Å². The highest BCUT2D eigenvalue weighted by molar-refractivity contribution is 7.45. The molecule has 87 heavy (non-hydrogen) atoms. The molecule has 0 aliphatic carbocycles. The van der Waals surface area contributed by atoms with E-state index in [0.29, 0.717) is 17.4 Å². The van der Waals surface area contributed by atoms with Gasteiger partial charge in [0.25, 0.3) is 7.82 Å². The first kappa shape index (κ1) is 83.9. The number of carbonyl (C=O) groups excluding carboxylic acids is 2. The monoisotopic (exact) mass is 1240 g/mol. The van der Waals surface area contributed by atoms with E-state index in [4.69, 9.17) is 13.8 Å². The highest BCUT2D eigenvalue weighted by Gasteiger charge is 2.27. The van der Waals surface area contributed by atoms with E-state index in [1.54, 1.807) is 0 Å². The summed E-state index contributed by atoms with van der Waals surface area (Å²) in [6.45, 7) is 6.81. The first-order valence-electron chi connectivity index (χ1n) is 36.5. The summed E-state index contributed by atoms with van der Waals surface area (Å²) in [6.07, 6.45) is 89.5. The molecule has 0 saturated heterocycles. The van der Waals surface area contributed by atoms with Gasteiger partial charge < -0.3 is 28.5 Å². The van der Waals surface area contributed by atoms with Crippen molar-refractivity contribution in [2.24, 2.45) is 0 Å². The van der Waals surface area contributed by atoms with Crippen molar-refractivity contribution in [2.45, 2.75) is 341 Å². The zero-order chi connectivity index (χ0) is 63.5. The molecule has 0 heterocycles. The molecule has 0 bridgehead atoms. The van der Waals surface area contributed by atoms with E-state index in [0.717, 1.165) is 109 Å². The highest BCUT2D eigenvalue weighted by Crippen LogP contribution is 2.38. The third-order valence-electron chi connectivity index (χ3n) is 16.0. The second kappa shape index (κ2) is 65.9. The van der Waals surface area contributed by atoms with E-state index in [1.807, 2.05) is 33.3 Å². The molecule has 0 fully saturated rings. The predicted octanol–water partition coefficient (Wildman–Crippen LogP) is 22.8. The Labute approximate surface area is 538 Å². The number of quaternary nitrogens is 1. The lowest BCUT2D eigenvalue weighted by Crippen LogP contribution is -2.47. The summed E-state index contributed by atoms with van der Waals surface area (Å²) >= 11 is 0. The number of nitrogens with zero attached hydrogens (tertiary/aromatic N) is 1. The van der Waals surface area contributed by atoms with Gasteiger partial charge in [0.15, 0.2) is 0 Å². The van der Waals surface area contributed by atoms with Crippen molar-refractivity contribution in [1.29, 1.82) is 0 Å². The van der Waals surface area contributed by atoms with Crippen LogP contribution in [0.5, 0.6) is 0 Å². The Bertz CT molecular complexity index is 1810. The molecule has 10 heteroatoms. The van der Waals surface area contributed by atoms with Gasteiger partial charge in [-0.2, -0.15) is 0 Å². The van der Waals surface area contributed by atoms with Crippen molar-refractivity contribution in [3.8, 4) is 0 Å². The van der Waals surface area contributed by atoms with E-state index in [2.05, 4.69) is 111 Å². The standard InChI is InChI=1S/C77H139N2O7P/c1-7-10-13-16-19-22-25-28-30-32-34-36-38-39-41-42-44-46-48-51-54-57-60-63-66-69-76(80)78-74(73-85-87(82,83)84-72-71-79(4,5)6)75(68-65-62-59-56-53-50-27-24-21-18-15-12-9-3)86-77(81)70-67-64-61-58-55-52-49-47-45-43-40-37-35-33-31-29-26-23-20-17-14-11-8-2/h19-20,22-23,28-31,34-37,43,45,65,68,74-75H,7-18,21,24-27,32-33,38-42,44,46-64,66-67,69-73H2,1-6H3,(H-,78,80,82,83)/b22-19-,23-20-,30-28-,31-29-,36-34-,37-35-,45-43-,68-65+. The van der Waals surface area contributed by atoms with E-state index in [1.165, 1.54) is 186 Å². The van der Waals surface area contributed by atoms with Gasteiger partial charge >= 0.3 is 5.97 Å². The molecule has 0 aliphatic rings. The average Bonchev–Trinajstić information content (AvgIpc) is 3.70. The number of allylic oxidation sites excluding steroid dienone is 15.